The van der Waals surface area contributed by atoms with E-state index in [4.69, 9.17) is 22.2 Å². The summed E-state index contributed by atoms with van der Waals surface area (Å²) in [4.78, 5) is 12.3. The number of carbonyl (C=O) groups is 1. The third kappa shape index (κ3) is 4.58. The van der Waals surface area contributed by atoms with E-state index in [-0.39, 0.29) is 17.7 Å². The topological polar surface area (TPSA) is 95.1 Å². The van der Waals surface area contributed by atoms with Crippen LogP contribution in [0.1, 0.15) is 18.5 Å². The molecule has 7 nitrogen and oxygen atoms in total. The molecule has 0 aliphatic carbocycles. The van der Waals surface area contributed by atoms with Crippen LogP contribution in [0.3, 0.4) is 0 Å². The van der Waals surface area contributed by atoms with E-state index in [9.17, 15) is 4.79 Å². The quantitative estimate of drug-likeness (QED) is 0.452. The maximum Gasteiger partial charge on any atom is 0.230 e. The lowest BCUT2D eigenvalue weighted by atomic mass is 10.1. The van der Waals surface area contributed by atoms with Gasteiger partial charge in [0.05, 0.1) is 24.5 Å². The van der Waals surface area contributed by atoms with Crippen molar-refractivity contribution in [1.82, 2.24) is 20.2 Å². The van der Waals surface area contributed by atoms with E-state index in [1.807, 2.05) is 43.3 Å². The second kappa shape index (κ2) is 8.99. The fourth-order valence-corrected chi connectivity index (χ4v) is 3.43. The van der Waals surface area contributed by atoms with Crippen molar-refractivity contribution < 1.29 is 9.53 Å². The van der Waals surface area contributed by atoms with Gasteiger partial charge in [-0.3, -0.25) is 4.79 Å². The van der Waals surface area contributed by atoms with Crippen molar-refractivity contribution in [2.45, 2.75) is 18.1 Å². The Bertz CT molecular complexity index is 961. The summed E-state index contributed by atoms with van der Waals surface area (Å²) in [7, 11) is 1.58. The monoisotopic (exact) mass is 417 g/mol. The number of nitrogens with zero attached hydrogens (tertiary/aromatic N) is 3. The molecule has 1 unspecified atom stereocenters. The minimum atomic E-state index is -0.134. The lowest BCUT2D eigenvalue weighted by molar-refractivity contribution is -0.119. The maximum absolute atomic E-state index is 12.3. The highest BCUT2D eigenvalue weighted by atomic mass is 35.5. The molecular weight excluding hydrogens is 398 g/mol. The number of methoxy groups -OCH3 is 1. The van der Waals surface area contributed by atoms with Gasteiger partial charge in [-0.15, -0.1) is 10.2 Å². The van der Waals surface area contributed by atoms with Crippen molar-refractivity contribution in [1.29, 1.82) is 0 Å². The Morgan fingerprint density at radius 2 is 1.96 bits per heavy atom. The highest BCUT2D eigenvalue weighted by Crippen LogP contribution is 2.29. The van der Waals surface area contributed by atoms with Crippen LogP contribution < -0.4 is 15.9 Å². The third-order valence-electron chi connectivity index (χ3n) is 4.09. The Hall–Kier alpha value is -2.71. The van der Waals surface area contributed by atoms with Gasteiger partial charge in [-0.05, 0) is 36.8 Å². The summed E-state index contributed by atoms with van der Waals surface area (Å²) in [6.07, 6.45) is 0. The van der Waals surface area contributed by atoms with Crippen molar-refractivity contribution in [3.05, 3.63) is 59.1 Å². The van der Waals surface area contributed by atoms with Crippen LogP contribution in [0.2, 0.25) is 5.02 Å². The summed E-state index contributed by atoms with van der Waals surface area (Å²) in [6, 6.07) is 14.6. The van der Waals surface area contributed by atoms with E-state index in [0.717, 1.165) is 11.1 Å². The minimum Gasteiger partial charge on any atom is -0.496 e. The minimum absolute atomic E-state index is 0.130. The molecule has 3 N–H and O–H groups in total. The standard InChI is InChI=1S/C19H20ClN5O2S/c1-12(13-7-9-14(20)10-8-13)22-17(26)11-28-19-24-23-18(25(19)21)15-5-3-4-6-16(15)27-2/h3-10,12H,11,21H2,1-2H3,(H,22,26). The Morgan fingerprint density at radius 3 is 2.68 bits per heavy atom. The molecule has 3 aromatic rings. The summed E-state index contributed by atoms with van der Waals surface area (Å²) in [5.41, 5.74) is 1.70. The van der Waals surface area contributed by atoms with E-state index in [2.05, 4.69) is 15.5 Å². The molecule has 1 aromatic heterocycles. The van der Waals surface area contributed by atoms with E-state index < -0.39 is 0 Å². The smallest absolute Gasteiger partial charge is 0.230 e. The Labute approximate surface area is 172 Å². The molecular formula is C19H20ClN5O2S. The lowest BCUT2D eigenvalue weighted by Crippen LogP contribution is -2.28. The molecule has 0 radical (unpaired) electrons. The van der Waals surface area contributed by atoms with Gasteiger partial charge in [0.25, 0.3) is 0 Å². The maximum atomic E-state index is 12.3. The summed E-state index contributed by atoms with van der Waals surface area (Å²) in [5.74, 6) is 7.27. The molecule has 1 heterocycles. The number of nitrogens with two attached hydrogens (primary N) is 1. The molecule has 0 spiro atoms. The van der Waals surface area contributed by atoms with Gasteiger partial charge in [0.1, 0.15) is 5.75 Å². The number of rotatable bonds is 7. The number of nitrogens with one attached hydrogen (secondary N) is 1. The summed E-state index contributed by atoms with van der Waals surface area (Å²) in [6.45, 7) is 1.91. The van der Waals surface area contributed by atoms with Gasteiger partial charge in [-0.25, -0.2) is 4.68 Å². The Balaban J connectivity index is 1.63. The molecule has 146 valence electrons. The fraction of sp³-hybridized carbons (Fsp3) is 0.211. The van der Waals surface area contributed by atoms with Gasteiger partial charge >= 0.3 is 0 Å². The number of aromatic nitrogens is 3. The van der Waals surface area contributed by atoms with Gasteiger partial charge in [-0.1, -0.05) is 47.6 Å². The van der Waals surface area contributed by atoms with Crippen LogP contribution in [-0.2, 0) is 4.79 Å². The number of hydrogen-bond acceptors (Lipinski definition) is 6. The zero-order valence-electron chi connectivity index (χ0n) is 15.4. The molecule has 0 aliphatic rings. The van der Waals surface area contributed by atoms with Crippen LogP contribution in [0.5, 0.6) is 5.75 Å². The largest absolute Gasteiger partial charge is 0.496 e. The molecule has 0 saturated heterocycles. The van der Waals surface area contributed by atoms with Gasteiger partial charge in [0.2, 0.25) is 11.1 Å². The molecule has 2 aromatic carbocycles. The number of halogens is 1. The average Bonchev–Trinajstić information content (AvgIpc) is 3.07. The van der Waals surface area contributed by atoms with Crippen LogP contribution >= 0.6 is 23.4 Å². The number of benzene rings is 2. The number of carbonyl (C=O) groups excluding carboxylic acids is 1. The second-order valence-electron chi connectivity index (χ2n) is 6.01. The zero-order valence-corrected chi connectivity index (χ0v) is 17.0. The normalized spacial score (nSPS) is 11.8. The number of amides is 1. The summed E-state index contributed by atoms with van der Waals surface area (Å²) < 4.78 is 6.70. The van der Waals surface area contributed by atoms with Crippen LogP contribution in [0.25, 0.3) is 11.4 Å². The third-order valence-corrected chi connectivity index (χ3v) is 5.29. The molecule has 0 saturated carbocycles. The van der Waals surface area contributed by atoms with Crippen LogP contribution in [0.15, 0.2) is 53.7 Å². The van der Waals surface area contributed by atoms with E-state index >= 15 is 0 Å². The first-order valence-electron chi connectivity index (χ1n) is 8.51. The predicted molar refractivity (Wildman–Crippen MR) is 111 cm³/mol. The Morgan fingerprint density at radius 1 is 1.25 bits per heavy atom. The molecule has 28 heavy (non-hydrogen) atoms. The van der Waals surface area contributed by atoms with E-state index in [1.54, 1.807) is 19.2 Å². The highest BCUT2D eigenvalue weighted by Gasteiger charge is 2.17. The van der Waals surface area contributed by atoms with Gasteiger partial charge in [0, 0.05) is 5.02 Å². The number of nitrogen functional groups attached to an aromatic ring is 1. The SMILES string of the molecule is COc1ccccc1-c1nnc(SCC(=O)NC(C)c2ccc(Cl)cc2)n1N. The molecule has 0 fully saturated rings. The van der Waals surface area contributed by atoms with Gasteiger partial charge in [-0.2, -0.15) is 0 Å². The van der Waals surface area contributed by atoms with Crippen molar-refractivity contribution in [2.75, 3.05) is 18.7 Å². The summed E-state index contributed by atoms with van der Waals surface area (Å²) in [5, 5.41) is 12.3. The van der Waals surface area contributed by atoms with E-state index in [1.165, 1.54) is 16.4 Å². The van der Waals surface area contributed by atoms with Crippen LogP contribution in [0, 0.1) is 0 Å². The number of hydrogen-bond donors (Lipinski definition) is 2. The van der Waals surface area contributed by atoms with E-state index in [0.29, 0.717) is 21.8 Å². The fourth-order valence-electron chi connectivity index (χ4n) is 2.64. The molecule has 9 heteroatoms. The number of ether oxygens (including phenoxy) is 1. The first-order chi connectivity index (χ1) is 13.5. The first kappa shape index (κ1) is 20.0. The van der Waals surface area contributed by atoms with Crippen molar-refractivity contribution in [3.63, 3.8) is 0 Å². The predicted octanol–water partition coefficient (Wildman–Crippen LogP) is 3.29. The molecule has 1 amide bonds. The molecule has 3 rings (SSSR count). The number of para-hydroxylation sites is 1. The molecule has 0 bridgehead atoms. The molecule has 0 aliphatic heterocycles. The van der Waals surface area contributed by atoms with Crippen molar-refractivity contribution >= 4 is 29.3 Å². The van der Waals surface area contributed by atoms with Gasteiger partial charge in [0.15, 0.2) is 5.82 Å². The first-order valence-corrected chi connectivity index (χ1v) is 9.87. The van der Waals surface area contributed by atoms with Crippen molar-refractivity contribution in [2.24, 2.45) is 0 Å². The molecule has 1 atom stereocenters. The van der Waals surface area contributed by atoms with Crippen molar-refractivity contribution in [3.8, 4) is 17.1 Å². The lowest BCUT2D eigenvalue weighted by Gasteiger charge is -2.14. The summed E-state index contributed by atoms with van der Waals surface area (Å²) >= 11 is 7.11. The Kier molecular flexibility index (Phi) is 6.43. The van der Waals surface area contributed by atoms with Crippen LogP contribution in [0.4, 0.5) is 0 Å². The van der Waals surface area contributed by atoms with Gasteiger partial charge < -0.3 is 15.9 Å². The second-order valence-corrected chi connectivity index (χ2v) is 7.38. The van der Waals surface area contributed by atoms with Crippen LogP contribution in [-0.4, -0.2) is 33.6 Å². The zero-order chi connectivity index (χ0) is 20.1. The average molecular weight is 418 g/mol. The highest BCUT2D eigenvalue weighted by molar-refractivity contribution is 7.99. The number of thioether (sulfide) groups is 1.